The molecule has 1 amide bonds. The molecule has 0 aliphatic rings. The normalized spacial score (nSPS) is 10.7. The number of carbonyl (C=O) groups is 1. The number of methoxy groups -OCH3 is 2. The van der Waals surface area contributed by atoms with Gasteiger partial charge in [-0.1, -0.05) is 6.07 Å². The van der Waals surface area contributed by atoms with Gasteiger partial charge in [0.15, 0.2) is 0 Å². The van der Waals surface area contributed by atoms with Gasteiger partial charge in [0.25, 0.3) is 0 Å². The number of hydrogen-bond acceptors (Lipinski definition) is 4. The van der Waals surface area contributed by atoms with E-state index in [1.54, 1.807) is 49.7 Å². The Bertz CT molecular complexity index is 650. The minimum atomic E-state index is -0.0572. The van der Waals surface area contributed by atoms with Crippen LogP contribution in [0, 0.1) is 0 Å². The zero-order valence-corrected chi connectivity index (χ0v) is 13.7. The SMILES string of the molecule is COc1ccc(OC)c(/C=C/C(=O)N(C)Cc2cccs2)c1. The Hall–Kier alpha value is -2.27. The molecule has 5 heteroatoms. The molecule has 0 aliphatic carbocycles. The third-order valence-corrected chi connectivity index (χ3v) is 4.05. The maximum Gasteiger partial charge on any atom is 0.246 e. The van der Waals surface area contributed by atoms with E-state index in [0.29, 0.717) is 12.3 Å². The van der Waals surface area contributed by atoms with Crippen LogP contribution in [0.1, 0.15) is 10.4 Å². The molecule has 0 saturated heterocycles. The van der Waals surface area contributed by atoms with Crippen molar-refractivity contribution in [1.82, 2.24) is 4.90 Å². The van der Waals surface area contributed by atoms with Gasteiger partial charge in [-0.25, -0.2) is 0 Å². The highest BCUT2D eigenvalue weighted by Gasteiger charge is 2.07. The van der Waals surface area contributed by atoms with Crippen molar-refractivity contribution in [3.63, 3.8) is 0 Å². The van der Waals surface area contributed by atoms with Crippen molar-refractivity contribution < 1.29 is 14.3 Å². The van der Waals surface area contributed by atoms with Crippen molar-refractivity contribution in [3.05, 3.63) is 52.2 Å². The van der Waals surface area contributed by atoms with Gasteiger partial charge in [-0.2, -0.15) is 0 Å². The van der Waals surface area contributed by atoms with Crippen molar-refractivity contribution in [2.75, 3.05) is 21.3 Å². The summed E-state index contributed by atoms with van der Waals surface area (Å²) < 4.78 is 10.5. The standard InChI is InChI=1S/C17H19NO3S/c1-18(12-15-5-4-10-22-15)17(19)9-6-13-11-14(20-2)7-8-16(13)21-3/h4-11H,12H2,1-3H3/b9-6+. The van der Waals surface area contributed by atoms with Crippen LogP contribution in [0.25, 0.3) is 6.08 Å². The third kappa shape index (κ3) is 4.11. The van der Waals surface area contributed by atoms with Gasteiger partial charge in [0, 0.05) is 23.6 Å². The topological polar surface area (TPSA) is 38.8 Å². The molecule has 2 rings (SSSR count). The molecular weight excluding hydrogens is 298 g/mol. The molecule has 0 aliphatic heterocycles. The molecule has 2 aromatic rings. The second-order valence-electron chi connectivity index (χ2n) is 4.71. The van der Waals surface area contributed by atoms with Crippen molar-refractivity contribution in [1.29, 1.82) is 0 Å². The quantitative estimate of drug-likeness (QED) is 0.766. The second-order valence-corrected chi connectivity index (χ2v) is 5.75. The van der Waals surface area contributed by atoms with Gasteiger partial charge in [0.1, 0.15) is 11.5 Å². The molecule has 0 fully saturated rings. The van der Waals surface area contributed by atoms with Crippen LogP contribution in [0.5, 0.6) is 11.5 Å². The summed E-state index contributed by atoms with van der Waals surface area (Å²) in [5.74, 6) is 1.36. The number of thiophene rings is 1. The lowest BCUT2D eigenvalue weighted by atomic mass is 10.1. The summed E-state index contributed by atoms with van der Waals surface area (Å²) >= 11 is 1.64. The lowest BCUT2D eigenvalue weighted by Crippen LogP contribution is -2.23. The molecule has 0 atom stereocenters. The van der Waals surface area contributed by atoms with Gasteiger partial charge >= 0.3 is 0 Å². The van der Waals surface area contributed by atoms with Gasteiger partial charge in [-0.3, -0.25) is 4.79 Å². The highest BCUT2D eigenvalue weighted by Crippen LogP contribution is 2.25. The first-order valence-corrected chi connectivity index (χ1v) is 7.69. The van der Waals surface area contributed by atoms with Gasteiger partial charge in [-0.05, 0) is 35.7 Å². The molecule has 0 N–H and O–H groups in total. The highest BCUT2D eigenvalue weighted by atomic mass is 32.1. The van der Waals surface area contributed by atoms with Crippen molar-refractivity contribution in [3.8, 4) is 11.5 Å². The van der Waals surface area contributed by atoms with E-state index in [9.17, 15) is 4.79 Å². The van der Waals surface area contributed by atoms with E-state index in [4.69, 9.17) is 9.47 Å². The predicted octanol–water partition coefficient (Wildman–Crippen LogP) is 3.44. The fourth-order valence-electron chi connectivity index (χ4n) is 1.97. The smallest absolute Gasteiger partial charge is 0.246 e. The molecule has 0 saturated carbocycles. The van der Waals surface area contributed by atoms with Gasteiger partial charge < -0.3 is 14.4 Å². The largest absolute Gasteiger partial charge is 0.497 e. The van der Waals surface area contributed by atoms with E-state index in [1.807, 2.05) is 35.7 Å². The number of rotatable bonds is 6. The minimum Gasteiger partial charge on any atom is -0.497 e. The Morgan fingerprint density at radius 2 is 2.09 bits per heavy atom. The van der Waals surface area contributed by atoms with Gasteiger partial charge in [0.2, 0.25) is 5.91 Å². The monoisotopic (exact) mass is 317 g/mol. The average molecular weight is 317 g/mol. The highest BCUT2D eigenvalue weighted by molar-refractivity contribution is 7.09. The Kier molecular flexibility index (Phi) is 5.61. The van der Waals surface area contributed by atoms with E-state index in [0.717, 1.165) is 16.2 Å². The minimum absolute atomic E-state index is 0.0572. The number of benzene rings is 1. The number of ether oxygens (including phenoxy) is 2. The zero-order valence-electron chi connectivity index (χ0n) is 12.9. The van der Waals surface area contributed by atoms with Crippen LogP contribution in [0.2, 0.25) is 0 Å². The Morgan fingerprint density at radius 1 is 1.27 bits per heavy atom. The van der Waals surface area contributed by atoms with Crippen LogP contribution in [-0.2, 0) is 11.3 Å². The van der Waals surface area contributed by atoms with Crippen LogP contribution < -0.4 is 9.47 Å². The number of amides is 1. The van der Waals surface area contributed by atoms with Gasteiger partial charge in [0.05, 0.1) is 20.8 Å². The maximum absolute atomic E-state index is 12.2. The number of carbonyl (C=O) groups excluding carboxylic acids is 1. The summed E-state index contributed by atoms with van der Waals surface area (Å²) in [6, 6.07) is 9.47. The first kappa shape index (κ1) is 16.1. The number of hydrogen-bond donors (Lipinski definition) is 0. The molecule has 1 aromatic carbocycles. The number of likely N-dealkylation sites (N-methyl/N-ethyl adjacent to an activating group) is 1. The van der Waals surface area contributed by atoms with Crippen molar-refractivity contribution in [2.24, 2.45) is 0 Å². The van der Waals surface area contributed by atoms with E-state index >= 15 is 0 Å². The molecule has 4 nitrogen and oxygen atoms in total. The Morgan fingerprint density at radius 3 is 2.73 bits per heavy atom. The molecule has 0 unspecified atom stereocenters. The molecule has 1 heterocycles. The average Bonchev–Trinajstić information content (AvgIpc) is 3.05. The fourth-order valence-corrected chi connectivity index (χ4v) is 2.73. The van der Waals surface area contributed by atoms with E-state index in [2.05, 4.69) is 0 Å². The molecule has 0 spiro atoms. The van der Waals surface area contributed by atoms with Gasteiger partial charge in [-0.15, -0.1) is 11.3 Å². The molecule has 22 heavy (non-hydrogen) atoms. The predicted molar refractivity (Wildman–Crippen MR) is 89.4 cm³/mol. The van der Waals surface area contributed by atoms with Crippen LogP contribution in [0.4, 0.5) is 0 Å². The molecular formula is C17H19NO3S. The Balaban J connectivity index is 2.08. The van der Waals surface area contributed by atoms with Crippen molar-refractivity contribution in [2.45, 2.75) is 6.54 Å². The second kappa shape index (κ2) is 7.66. The molecule has 0 radical (unpaired) electrons. The maximum atomic E-state index is 12.2. The summed E-state index contributed by atoms with van der Waals surface area (Å²) in [4.78, 5) is 15.0. The fraction of sp³-hybridized carbons (Fsp3) is 0.235. The number of nitrogens with zero attached hydrogens (tertiary/aromatic N) is 1. The zero-order chi connectivity index (χ0) is 15.9. The summed E-state index contributed by atoms with van der Waals surface area (Å²) in [6.45, 7) is 0.607. The summed E-state index contributed by atoms with van der Waals surface area (Å²) in [5, 5.41) is 2.00. The molecule has 116 valence electrons. The first-order valence-electron chi connectivity index (χ1n) is 6.81. The summed E-state index contributed by atoms with van der Waals surface area (Å²) in [7, 11) is 4.99. The lowest BCUT2D eigenvalue weighted by Gasteiger charge is -2.13. The summed E-state index contributed by atoms with van der Waals surface area (Å²) in [5.41, 5.74) is 0.805. The van der Waals surface area contributed by atoms with E-state index in [-0.39, 0.29) is 5.91 Å². The lowest BCUT2D eigenvalue weighted by molar-refractivity contribution is -0.125. The van der Waals surface area contributed by atoms with Crippen LogP contribution in [0.3, 0.4) is 0 Å². The Labute approximate surface area is 134 Å². The summed E-state index contributed by atoms with van der Waals surface area (Å²) in [6.07, 6.45) is 3.29. The van der Waals surface area contributed by atoms with E-state index < -0.39 is 0 Å². The third-order valence-electron chi connectivity index (χ3n) is 3.19. The molecule has 1 aromatic heterocycles. The van der Waals surface area contributed by atoms with Crippen LogP contribution in [-0.4, -0.2) is 32.1 Å². The van der Waals surface area contributed by atoms with Crippen LogP contribution in [0.15, 0.2) is 41.8 Å². The van der Waals surface area contributed by atoms with Crippen LogP contribution >= 0.6 is 11.3 Å². The first-order chi connectivity index (χ1) is 10.6. The van der Waals surface area contributed by atoms with Crippen molar-refractivity contribution >= 4 is 23.3 Å². The van der Waals surface area contributed by atoms with E-state index in [1.165, 1.54) is 0 Å². The molecule has 0 bridgehead atoms.